The van der Waals surface area contributed by atoms with E-state index in [1.54, 1.807) is 0 Å². The molecule has 0 unspecified atom stereocenters. The van der Waals surface area contributed by atoms with Gasteiger partial charge in [-0.2, -0.15) is 0 Å². The van der Waals surface area contributed by atoms with Crippen LogP contribution in [0.2, 0.25) is 0 Å². The summed E-state index contributed by atoms with van der Waals surface area (Å²) in [5.74, 6) is 0. The Bertz CT molecular complexity index is 1090. The summed E-state index contributed by atoms with van der Waals surface area (Å²) in [6, 6.07) is 16.4. The minimum absolute atomic E-state index is 0. The average molecular weight is 337 g/mol. The number of fused-ring (bicyclic) bond motifs is 8. The molecule has 2 aliphatic heterocycles. The predicted octanol–water partition coefficient (Wildman–Crippen LogP) is 4.50. The normalized spacial score (nSPS) is 12.2. The Hall–Kier alpha value is -2.63. The molecule has 0 radical (unpaired) electrons. The second-order valence-corrected chi connectivity index (χ2v) is 5.91. The van der Waals surface area contributed by atoms with Gasteiger partial charge >= 0.3 is 23.1 Å². The van der Waals surface area contributed by atoms with E-state index in [2.05, 4.69) is 50.3 Å². The number of nitrogens with zero attached hydrogens (tertiary/aromatic N) is 2. The molecule has 2 aliphatic rings. The summed E-state index contributed by atoms with van der Waals surface area (Å²) in [6.45, 7) is 0. The Balaban J connectivity index is 0.000000871. The van der Waals surface area contributed by atoms with Crippen molar-refractivity contribution in [1.29, 1.82) is 0 Å². The first-order valence-corrected chi connectivity index (χ1v) is 7.85. The van der Waals surface area contributed by atoms with Crippen LogP contribution >= 0.6 is 0 Å². The van der Waals surface area contributed by atoms with Crippen LogP contribution in [0.4, 0.5) is 0 Å². The molecule has 0 saturated heterocycles. The van der Waals surface area contributed by atoms with Crippen LogP contribution in [0, 0.1) is 0 Å². The summed E-state index contributed by atoms with van der Waals surface area (Å²) in [5, 5.41) is 0. The van der Waals surface area contributed by atoms with E-state index in [-0.39, 0.29) is 25.9 Å². The van der Waals surface area contributed by atoms with Crippen LogP contribution in [0.15, 0.2) is 48.5 Å². The fourth-order valence-electron chi connectivity index (χ4n) is 2.94. The molecular formula is C20H16MgN4. The Kier molecular flexibility index (Phi) is 4.03. The van der Waals surface area contributed by atoms with Crippen molar-refractivity contribution in [3.63, 3.8) is 0 Å². The molecule has 5 heterocycles. The number of hydrogen-bond acceptors (Lipinski definition) is 2. The molecule has 0 saturated carbocycles. The van der Waals surface area contributed by atoms with Crippen molar-refractivity contribution >= 4 is 69.4 Å². The third-order valence-electron chi connectivity index (χ3n) is 4.04. The van der Waals surface area contributed by atoms with E-state index in [1.165, 1.54) is 0 Å². The molecule has 2 N–H and O–H groups in total. The molecule has 3 aromatic heterocycles. The van der Waals surface area contributed by atoms with E-state index in [4.69, 9.17) is 0 Å². The summed E-state index contributed by atoms with van der Waals surface area (Å²) in [7, 11) is 0. The maximum Gasteiger partial charge on any atom is 2.00 e. The van der Waals surface area contributed by atoms with E-state index in [0.717, 1.165) is 44.8 Å². The van der Waals surface area contributed by atoms with Crippen molar-refractivity contribution < 1.29 is 2.85 Å². The third-order valence-corrected chi connectivity index (χ3v) is 4.04. The van der Waals surface area contributed by atoms with Gasteiger partial charge in [-0.05, 0) is 72.8 Å². The molecule has 0 amide bonds. The molecule has 0 atom stereocenters. The second kappa shape index (κ2) is 6.35. The van der Waals surface area contributed by atoms with Crippen LogP contribution in [0.1, 0.15) is 25.6 Å². The third kappa shape index (κ3) is 3.29. The number of aromatic amines is 2. The molecular weight excluding hydrogens is 321 g/mol. The van der Waals surface area contributed by atoms with Crippen LogP contribution in [-0.2, 0) is 0 Å². The van der Waals surface area contributed by atoms with Gasteiger partial charge in [0.15, 0.2) is 0 Å². The molecule has 5 heteroatoms. The van der Waals surface area contributed by atoms with Crippen molar-refractivity contribution in [2.24, 2.45) is 0 Å². The first-order chi connectivity index (χ1) is 11.8. The zero-order valence-corrected chi connectivity index (χ0v) is 14.9. The number of aromatic nitrogens is 4. The van der Waals surface area contributed by atoms with Gasteiger partial charge < -0.3 is 12.8 Å². The van der Waals surface area contributed by atoms with E-state index in [1.807, 2.05) is 42.5 Å². The van der Waals surface area contributed by atoms with E-state index in [0.29, 0.717) is 0 Å². The Morgan fingerprint density at radius 2 is 0.880 bits per heavy atom. The van der Waals surface area contributed by atoms with Gasteiger partial charge in [-0.1, -0.05) is 0 Å². The molecule has 0 aliphatic carbocycles. The average Bonchev–Trinajstić information content (AvgIpc) is 3.32. The zero-order valence-electron chi connectivity index (χ0n) is 15.5. The topological polar surface area (TPSA) is 57.4 Å². The number of hydrogen-bond donors (Lipinski definition) is 2. The fourth-order valence-corrected chi connectivity index (χ4v) is 2.94. The van der Waals surface area contributed by atoms with Gasteiger partial charge in [0.25, 0.3) is 0 Å². The molecule has 3 aromatic rings. The summed E-state index contributed by atoms with van der Waals surface area (Å²) < 4.78 is 0. The molecule has 0 fully saturated rings. The first kappa shape index (κ1) is 15.9. The van der Waals surface area contributed by atoms with Crippen LogP contribution in [0.25, 0.3) is 46.4 Å². The largest absolute Gasteiger partial charge is 2.00 e. The zero-order chi connectivity index (χ0) is 15.9. The molecule has 118 valence electrons. The van der Waals surface area contributed by atoms with Gasteiger partial charge in [-0.25, -0.2) is 9.97 Å². The summed E-state index contributed by atoms with van der Waals surface area (Å²) >= 11 is 0. The quantitative estimate of drug-likeness (QED) is 0.409. The van der Waals surface area contributed by atoms with Crippen molar-refractivity contribution in [2.75, 3.05) is 0 Å². The van der Waals surface area contributed by atoms with Gasteiger partial charge in [0, 0.05) is 22.1 Å². The number of nitrogens with one attached hydrogen (secondary N) is 2. The van der Waals surface area contributed by atoms with Gasteiger partial charge in [0.2, 0.25) is 0 Å². The van der Waals surface area contributed by atoms with Crippen molar-refractivity contribution in [3.05, 3.63) is 71.3 Å². The van der Waals surface area contributed by atoms with Crippen molar-refractivity contribution in [2.45, 2.75) is 0 Å². The predicted molar refractivity (Wildman–Crippen MR) is 107 cm³/mol. The first-order valence-electron chi connectivity index (χ1n) is 7.85. The van der Waals surface area contributed by atoms with Crippen LogP contribution in [0.5, 0.6) is 0 Å². The Morgan fingerprint density at radius 1 is 0.520 bits per heavy atom. The number of rotatable bonds is 0. The summed E-state index contributed by atoms with van der Waals surface area (Å²) in [4.78, 5) is 16.0. The molecule has 5 rings (SSSR count). The van der Waals surface area contributed by atoms with Gasteiger partial charge in [0.1, 0.15) is 0 Å². The summed E-state index contributed by atoms with van der Waals surface area (Å²) in [6.07, 6.45) is 8.05. The minimum atomic E-state index is 0. The number of H-pyrrole nitrogens is 2. The SMILES string of the molecule is C1=Cc2cc3ccc(cc4ccc(cc5nc(cc1n2)C=C5)[nH]4)[nH]3.[H-].[H-].[Mg+2]. The monoisotopic (exact) mass is 336 g/mol. The van der Waals surface area contributed by atoms with Crippen LogP contribution in [0.3, 0.4) is 0 Å². The Morgan fingerprint density at radius 3 is 1.32 bits per heavy atom. The van der Waals surface area contributed by atoms with Crippen molar-refractivity contribution in [3.8, 4) is 0 Å². The maximum absolute atomic E-state index is 4.62. The van der Waals surface area contributed by atoms with E-state index in [9.17, 15) is 0 Å². The van der Waals surface area contributed by atoms with Gasteiger partial charge in [-0.15, -0.1) is 0 Å². The maximum atomic E-state index is 4.62. The van der Waals surface area contributed by atoms with Gasteiger partial charge in [-0.3, -0.25) is 0 Å². The molecule has 0 aromatic carbocycles. The molecule has 8 bridgehead atoms. The molecule has 25 heavy (non-hydrogen) atoms. The van der Waals surface area contributed by atoms with Crippen LogP contribution in [-0.4, -0.2) is 43.0 Å². The van der Waals surface area contributed by atoms with Crippen molar-refractivity contribution in [1.82, 2.24) is 19.9 Å². The minimum Gasteiger partial charge on any atom is -1.00 e. The van der Waals surface area contributed by atoms with E-state index >= 15 is 0 Å². The van der Waals surface area contributed by atoms with Crippen LogP contribution < -0.4 is 0 Å². The molecule has 4 nitrogen and oxygen atoms in total. The Labute approximate surface area is 163 Å². The molecule has 0 spiro atoms. The van der Waals surface area contributed by atoms with Gasteiger partial charge in [0.05, 0.1) is 22.8 Å². The summed E-state index contributed by atoms with van der Waals surface area (Å²) in [5.41, 5.74) is 7.86. The fraction of sp³-hybridized carbons (Fsp3) is 0. The second-order valence-electron chi connectivity index (χ2n) is 5.91. The standard InChI is InChI=1S/C20H14N4.Mg.2H/c1-2-14-10-16-5-6-18(23-16)12-20-8-7-19(24-20)11-17-4-3-15(22-17)9-13(1)21-14;;;/h1-12,21-22H;;;/q;+2;2*-1. The smallest absolute Gasteiger partial charge is 1.00 e. The van der Waals surface area contributed by atoms with E-state index < -0.39 is 0 Å².